The maximum atomic E-state index is 9.54. The Bertz CT molecular complexity index is 563. The zero-order valence-electron chi connectivity index (χ0n) is 11.4. The van der Waals surface area contributed by atoms with Crippen LogP contribution in [0.2, 0.25) is 0 Å². The van der Waals surface area contributed by atoms with Crippen molar-refractivity contribution in [2.75, 3.05) is 13.1 Å². The summed E-state index contributed by atoms with van der Waals surface area (Å²) in [5.74, 6) is 1.03. The second-order valence-corrected chi connectivity index (χ2v) is 6.46. The van der Waals surface area contributed by atoms with E-state index in [-0.39, 0.29) is 12.4 Å². The summed E-state index contributed by atoms with van der Waals surface area (Å²) in [5, 5.41) is 14.2. The van der Waals surface area contributed by atoms with Crippen molar-refractivity contribution in [3.05, 3.63) is 48.0 Å². The van der Waals surface area contributed by atoms with Crippen LogP contribution in [0.1, 0.15) is 18.4 Å². The molecule has 2 aromatic rings. The third kappa shape index (κ3) is 3.89. The SMILES string of the molecule is Cl.ON1CCCC(SCc2ccc3ccccc3c2)C1. The Hall–Kier alpha value is -0.740. The average Bonchev–Trinajstić information content (AvgIpc) is 2.45. The lowest BCUT2D eigenvalue weighted by molar-refractivity contribution is -0.101. The molecule has 0 saturated carbocycles. The van der Waals surface area contributed by atoms with Crippen LogP contribution in [0.3, 0.4) is 0 Å². The van der Waals surface area contributed by atoms with Gasteiger partial charge in [0.15, 0.2) is 0 Å². The largest absolute Gasteiger partial charge is 0.314 e. The molecule has 20 heavy (non-hydrogen) atoms. The van der Waals surface area contributed by atoms with Gasteiger partial charge in [-0.2, -0.15) is 16.8 Å². The van der Waals surface area contributed by atoms with E-state index in [2.05, 4.69) is 42.5 Å². The van der Waals surface area contributed by atoms with Crippen molar-refractivity contribution >= 4 is 34.9 Å². The van der Waals surface area contributed by atoms with Crippen LogP contribution >= 0.6 is 24.2 Å². The summed E-state index contributed by atoms with van der Waals surface area (Å²) in [4.78, 5) is 0. The van der Waals surface area contributed by atoms with Crippen LogP contribution in [-0.2, 0) is 5.75 Å². The van der Waals surface area contributed by atoms with Crippen LogP contribution in [0.15, 0.2) is 42.5 Å². The molecule has 1 N–H and O–H groups in total. The molecule has 0 bridgehead atoms. The van der Waals surface area contributed by atoms with E-state index in [0.29, 0.717) is 5.25 Å². The minimum Gasteiger partial charge on any atom is -0.314 e. The van der Waals surface area contributed by atoms with E-state index in [9.17, 15) is 5.21 Å². The Morgan fingerprint density at radius 3 is 2.75 bits per heavy atom. The fourth-order valence-corrected chi connectivity index (χ4v) is 3.82. The van der Waals surface area contributed by atoms with Gasteiger partial charge in [-0.05, 0) is 29.2 Å². The molecule has 1 aliphatic heterocycles. The highest BCUT2D eigenvalue weighted by atomic mass is 35.5. The van der Waals surface area contributed by atoms with Crippen LogP contribution in [0.25, 0.3) is 10.8 Å². The Morgan fingerprint density at radius 2 is 1.95 bits per heavy atom. The highest BCUT2D eigenvalue weighted by molar-refractivity contribution is 7.99. The summed E-state index contributed by atoms with van der Waals surface area (Å²) in [6.07, 6.45) is 2.32. The molecule has 0 aromatic heterocycles. The quantitative estimate of drug-likeness (QED) is 0.912. The maximum Gasteiger partial charge on any atom is 0.0357 e. The van der Waals surface area contributed by atoms with Crippen LogP contribution in [-0.4, -0.2) is 28.6 Å². The Labute approximate surface area is 130 Å². The lowest BCUT2D eigenvalue weighted by Gasteiger charge is -2.27. The summed E-state index contributed by atoms with van der Waals surface area (Å²) >= 11 is 1.96. The van der Waals surface area contributed by atoms with Gasteiger partial charge in [0.2, 0.25) is 0 Å². The minimum absolute atomic E-state index is 0. The molecule has 1 saturated heterocycles. The first-order chi connectivity index (χ1) is 9.31. The fraction of sp³-hybridized carbons (Fsp3) is 0.375. The van der Waals surface area contributed by atoms with Gasteiger partial charge >= 0.3 is 0 Å². The molecule has 0 amide bonds. The van der Waals surface area contributed by atoms with Gasteiger partial charge < -0.3 is 5.21 Å². The zero-order chi connectivity index (χ0) is 13.1. The Kier molecular flexibility index (Phi) is 5.73. The predicted molar refractivity (Wildman–Crippen MR) is 88.9 cm³/mol. The third-order valence-electron chi connectivity index (χ3n) is 3.66. The molecule has 1 atom stereocenters. The van der Waals surface area contributed by atoms with E-state index in [1.165, 1.54) is 27.8 Å². The van der Waals surface area contributed by atoms with E-state index in [1.54, 1.807) is 0 Å². The Balaban J connectivity index is 0.00000147. The minimum atomic E-state index is 0. The summed E-state index contributed by atoms with van der Waals surface area (Å²) in [5.41, 5.74) is 1.37. The second-order valence-electron chi connectivity index (χ2n) is 5.17. The van der Waals surface area contributed by atoms with E-state index >= 15 is 0 Å². The third-order valence-corrected chi connectivity index (χ3v) is 5.01. The number of rotatable bonds is 3. The topological polar surface area (TPSA) is 23.5 Å². The van der Waals surface area contributed by atoms with Gasteiger partial charge in [-0.1, -0.05) is 42.5 Å². The van der Waals surface area contributed by atoms with Crippen LogP contribution < -0.4 is 0 Å². The van der Waals surface area contributed by atoms with Gasteiger partial charge in [0.05, 0.1) is 0 Å². The summed E-state index contributed by atoms with van der Waals surface area (Å²) < 4.78 is 0. The van der Waals surface area contributed by atoms with Crippen molar-refractivity contribution in [2.45, 2.75) is 23.8 Å². The standard InChI is InChI=1S/C16H19NOS.ClH/c18-17-9-3-6-16(11-17)19-12-13-7-8-14-4-1-2-5-15(14)10-13;/h1-2,4-5,7-8,10,16,18H,3,6,9,11-12H2;1H. The number of nitrogens with zero attached hydrogens (tertiary/aromatic N) is 1. The number of hydrogen-bond acceptors (Lipinski definition) is 3. The average molecular weight is 310 g/mol. The van der Waals surface area contributed by atoms with Crippen LogP contribution in [0.4, 0.5) is 0 Å². The molecule has 1 heterocycles. The molecule has 3 rings (SSSR count). The zero-order valence-corrected chi connectivity index (χ0v) is 13.0. The number of fused-ring (bicyclic) bond motifs is 1. The maximum absolute atomic E-state index is 9.54. The van der Waals surface area contributed by atoms with Crippen molar-refractivity contribution in [1.82, 2.24) is 5.06 Å². The molecule has 1 unspecified atom stereocenters. The number of benzene rings is 2. The van der Waals surface area contributed by atoms with Gasteiger partial charge in [-0.3, -0.25) is 0 Å². The van der Waals surface area contributed by atoms with Gasteiger partial charge in [-0.25, -0.2) is 0 Å². The molecule has 2 aromatic carbocycles. The predicted octanol–water partition coefficient (Wildman–Crippen LogP) is 4.35. The van der Waals surface area contributed by atoms with Crippen molar-refractivity contribution in [1.29, 1.82) is 0 Å². The summed E-state index contributed by atoms with van der Waals surface area (Å²) in [6.45, 7) is 1.63. The lowest BCUT2D eigenvalue weighted by atomic mass is 10.1. The van der Waals surface area contributed by atoms with Crippen molar-refractivity contribution in [2.24, 2.45) is 0 Å². The van der Waals surface area contributed by atoms with E-state index in [0.717, 1.165) is 25.3 Å². The van der Waals surface area contributed by atoms with Crippen LogP contribution in [0.5, 0.6) is 0 Å². The van der Waals surface area contributed by atoms with E-state index in [1.807, 2.05) is 11.8 Å². The summed E-state index contributed by atoms with van der Waals surface area (Å²) in [6, 6.07) is 15.2. The van der Waals surface area contributed by atoms with Crippen molar-refractivity contribution < 1.29 is 5.21 Å². The molecule has 0 aliphatic carbocycles. The van der Waals surface area contributed by atoms with Gasteiger partial charge in [0.25, 0.3) is 0 Å². The number of hydroxylamine groups is 2. The molecular weight excluding hydrogens is 290 g/mol. The second kappa shape index (κ2) is 7.32. The highest BCUT2D eigenvalue weighted by Crippen LogP contribution is 2.26. The molecule has 0 radical (unpaired) electrons. The lowest BCUT2D eigenvalue weighted by Crippen LogP contribution is -2.34. The number of hydrogen-bond donors (Lipinski definition) is 1. The molecular formula is C16H20ClNOS. The van der Waals surface area contributed by atoms with Gasteiger partial charge in [0, 0.05) is 24.1 Å². The molecule has 2 nitrogen and oxygen atoms in total. The monoisotopic (exact) mass is 309 g/mol. The van der Waals surface area contributed by atoms with Crippen LogP contribution in [0, 0.1) is 0 Å². The number of piperidine rings is 1. The van der Waals surface area contributed by atoms with E-state index in [4.69, 9.17) is 0 Å². The number of thioether (sulfide) groups is 1. The van der Waals surface area contributed by atoms with Crippen molar-refractivity contribution in [3.8, 4) is 0 Å². The molecule has 0 spiro atoms. The summed E-state index contributed by atoms with van der Waals surface area (Å²) in [7, 11) is 0. The fourth-order valence-electron chi connectivity index (χ4n) is 2.60. The molecule has 1 aliphatic rings. The first kappa shape index (κ1) is 15.6. The van der Waals surface area contributed by atoms with Gasteiger partial charge in [0.1, 0.15) is 0 Å². The van der Waals surface area contributed by atoms with Gasteiger partial charge in [-0.15, -0.1) is 12.4 Å². The van der Waals surface area contributed by atoms with Crippen molar-refractivity contribution in [3.63, 3.8) is 0 Å². The van der Waals surface area contributed by atoms with E-state index < -0.39 is 0 Å². The normalized spacial score (nSPS) is 19.8. The molecule has 108 valence electrons. The first-order valence-electron chi connectivity index (χ1n) is 6.84. The molecule has 4 heteroatoms. The first-order valence-corrected chi connectivity index (χ1v) is 7.89. The molecule has 1 fully saturated rings. The smallest absolute Gasteiger partial charge is 0.0357 e. The highest BCUT2D eigenvalue weighted by Gasteiger charge is 2.18. The Morgan fingerprint density at radius 1 is 1.15 bits per heavy atom. The number of halogens is 1.